The van der Waals surface area contributed by atoms with Crippen LogP contribution in [0.1, 0.15) is 37.5 Å². The minimum atomic E-state index is -1.06. The van der Waals surface area contributed by atoms with Gasteiger partial charge in [-0.05, 0) is 54.0 Å². The first kappa shape index (κ1) is 25.1. The molecule has 0 saturated carbocycles. The third-order valence-electron chi connectivity index (χ3n) is 6.06. The number of benzene rings is 3. The van der Waals surface area contributed by atoms with E-state index in [2.05, 4.69) is 49.9 Å². The molecule has 0 fully saturated rings. The maximum Gasteiger partial charge on any atom is 0.118 e. The zero-order chi connectivity index (χ0) is 23.1. The predicted molar refractivity (Wildman–Crippen MR) is 139 cm³/mol. The smallest absolute Gasteiger partial charge is 0.118 e. The van der Waals surface area contributed by atoms with Crippen molar-refractivity contribution in [1.82, 2.24) is 4.90 Å². The largest absolute Gasteiger partial charge is 0.380 e. The summed E-state index contributed by atoms with van der Waals surface area (Å²) in [5, 5.41) is 13.4. The summed E-state index contributed by atoms with van der Waals surface area (Å²) in [6.07, 6.45) is 0. The molecule has 0 aliphatic heterocycles. The van der Waals surface area contributed by atoms with Gasteiger partial charge >= 0.3 is 0 Å². The van der Waals surface area contributed by atoms with Gasteiger partial charge in [0.25, 0.3) is 0 Å². The monoisotopic (exact) mass is 487 g/mol. The van der Waals surface area contributed by atoms with Crippen molar-refractivity contribution in [3.63, 3.8) is 0 Å². The lowest BCUT2D eigenvalue weighted by atomic mass is 9.76. The van der Waals surface area contributed by atoms with Crippen molar-refractivity contribution in [1.29, 1.82) is 0 Å². The molecule has 3 aromatic rings. The maximum absolute atomic E-state index is 12.1. The summed E-state index contributed by atoms with van der Waals surface area (Å²) in [6, 6.07) is 23.9. The van der Waals surface area contributed by atoms with Gasteiger partial charge in [-0.15, -0.1) is 11.8 Å². The summed E-state index contributed by atoms with van der Waals surface area (Å²) in [5.74, 6) is 0.785. The van der Waals surface area contributed by atoms with Crippen molar-refractivity contribution in [2.24, 2.45) is 5.92 Å². The van der Waals surface area contributed by atoms with Crippen LogP contribution >= 0.6 is 35.0 Å². The van der Waals surface area contributed by atoms with E-state index in [9.17, 15) is 5.11 Å². The molecule has 0 amide bonds. The molecule has 0 radical (unpaired) electrons. The fourth-order valence-corrected chi connectivity index (χ4v) is 5.49. The van der Waals surface area contributed by atoms with Crippen LogP contribution in [0, 0.1) is 5.92 Å². The van der Waals surface area contributed by atoms with E-state index in [0.717, 1.165) is 47.0 Å². The standard InChI is InChI=1S/C27H31Cl2NOS/c1-4-30(5-2)18-20(3)27(31,22-9-7-6-8-10-22)23-12-15-25(16-13-23)32-19-21-11-14-24(28)17-26(21)29/h6-17,20,31H,4-5,18-19H2,1-3H3. The molecule has 0 spiro atoms. The molecule has 2 nitrogen and oxygen atoms in total. The van der Waals surface area contributed by atoms with Crippen LogP contribution in [-0.2, 0) is 11.4 Å². The van der Waals surface area contributed by atoms with Gasteiger partial charge in [0.15, 0.2) is 0 Å². The number of aliphatic hydroxyl groups is 1. The Balaban J connectivity index is 1.84. The van der Waals surface area contributed by atoms with Gasteiger partial charge in [0.2, 0.25) is 0 Å². The average Bonchev–Trinajstić information content (AvgIpc) is 2.82. The third-order valence-corrected chi connectivity index (χ3v) is 7.71. The first-order chi connectivity index (χ1) is 15.4. The number of rotatable bonds is 10. The lowest BCUT2D eigenvalue weighted by Gasteiger charge is -2.38. The van der Waals surface area contributed by atoms with Crippen molar-refractivity contribution in [3.8, 4) is 0 Å². The van der Waals surface area contributed by atoms with Crippen LogP contribution in [0.25, 0.3) is 0 Å². The van der Waals surface area contributed by atoms with Gasteiger partial charge in [0.1, 0.15) is 5.60 Å². The quantitative estimate of drug-likeness (QED) is 0.299. The van der Waals surface area contributed by atoms with E-state index in [1.807, 2.05) is 42.5 Å². The van der Waals surface area contributed by atoms with E-state index in [-0.39, 0.29) is 5.92 Å². The van der Waals surface area contributed by atoms with E-state index in [1.165, 1.54) is 0 Å². The first-order valence-corrected chi connectivity index (χ1v) is 12.8. The van der Waals surface area contributed by atoms with Gasteiger partial charge in [-0.2, -0.15) is 0 Å². The van der Waals surface area contributed by atoms with Crippen LogP contribution in [0.2, 0.25) is 10.0 Å². The van der Waals surface area contributed by atoms with E-state index >= 15 is 0 Å². The first-order valence-electron chi connectivity index (χ1n) is 11.1. The molecule has 0 aromatic heterocycles. The van der Waals surface area contributed by atoms with Gasteiger partial charge < -0.3 is 10.0 Å². The highest BCUT2D eigenvalue weighted by Gasteiger charge is 2.38. The van der Waals surface area contributed by atoms with Crippen LogP contribution in [0.3, 0.4) is 0 Å². The van der Waals surface area contributed by atoms with Gasteiger partial charge in [-0.3, -0.25) is 0 Å². The minimum absolute atomic E-state index is 0.0242. The van der Waals surface area contributed by atoms with Crippen molar-refractivity contribution in [3.05, 3.63) is 99.5 Å². The fourth-order valence-electron chi connectivity index (χ4n) is 4.03. The summed E-state index contributed by atoms with van der Waals surface area (Å²) in [6.45, 7) is 9.22. The van der Waals surface area contributed by atoms with E-state index < -0.39 is 5.60 Å². The highest BCUT2D eigenvalue weighted by atomic mass is 35.5. The van der Waals surface area contributed by atoms with Crippen LogP contribution < -0.4 is 0 Å². The van der Waals surface area contributed by atoms with Gasteiger partial charge in [-0.1, -0.05) is 92.5 Å². The molecule has 170 valence electrons. The summed E-state index contributed by atoms with van der Waals surface area (Å²) >= 11 is 14.0. The SMILES string of the molecule is CCN(CC)CC(C)C(O)(c1ccccc1)c1ccc(SCc2ccc(Cl)cc2Cl)cc1. The summed E-state index contributed by atoms with van der Waals surface area (Å²) in [7, 11) is 0. The van der Waals surface area contributed by atoms with Gasteiger partial charge in [-0.25, -0.2) is 0 Å². The molecule has 5 heteroatoms. The number of halogens is 2. The molecule has 2 unspecified atom stereocenters. The number of nitrogens with zero attached hydrogens (tertiary/aromatic N) is 1. The molecular formula is C27H31Cl2NOS. The normalized spacial score (nSPS) is 14.3. The molecular weight excluding hydrogens is 457 g/mol. The Kier molecular flexibility index (Phi) is 9.10. The number of hydrogen-bond acceptors (Lipinski definition) is 3. The summed E-state index contributed by atoms with van der Waals surface area (Å²) in [4.78, 5) is 3.49. The molecule has 32 heavy (non-hydrogen) atoms. The van der Waals surface area contributed by atoms with Crippen LogP contribution in [0.5, 0.6) is 0 Å². The van der Waals surface area contributed by atoms with Crippen molar-refractivity contribution in [2.45, 2.75) is 37.0 Å². The summed E-state index contributed by atoms with van der Waals surface area (Å²) in [5.41, 5.74) is 1.83. The molecule has 0 bridgehead atoms. The Bertz CT molecular complexity index is 992. The molecule has 3 rings (SSSR count). The molecule has 0 aliphatic carbocycles. The Morgan fingerprint density at radius 2 is 1.53 bits per heavy atom. The fraction of sp³-hybridized carbons (Fsp3) is 0.333. The molecule has 3 aromatic carbocycles. The van der Waals surface area contributed by atoms with Crippen LogP contribution in [-0.4, -0.2) is 29.6 Å². The predicted octanol–water partition coefficient (Wildman–Crippen LogP) is 7.50. The third kappa shape index (κ3) is 5.89. The summed E-state index contributed by atoms with van der Waals surface area (Å²) < 4.78 is 0. The van der Waals surface area contributed by atoms with Gasteiger partial charge in [0, 0.05) is 33.2 Å². The lowest BCUT2D eigenvalue weighted by Crippen LogP contribution is -2.42. The van der Waals surface area contributed by atoms with Crippen LogP contribution in [0.4, 0.5) is 0 Å². The van der Waals surface area contributed by atoms with Gasteiger partial charge in [0.05, 0.1) is 0 Å². The molecule has 0 saturated heterocycles. The Morgan fingerprint density at radius 3 is 2.12 bits per heavy atom. The molecule has 0 aliphatic rings. The highest BCUT2D eigenvalue weighted by molar-refractivity contribution is 7.98. The Labute approximate surface area is 206 Å². The second kappa shape index (κ2) is 11.6. The van der Waals surface area contributed by atoms with E-state index in [1.54, 1.807) is 17.8 Å². The maximum atomic E-state index is 12.1. The van der Waals surface area contributed by atoms with Crippen molar-refractivity contribution in [2.75, 3.05) is 19.6 Å². The topological polar surface area (TPSA) is 23.5 Å². The zero-order valence-electron chi connectivity index (χ0n) is 18.9. The van der Waals surface area contributed by atoms with E-state index in [0.29, 0.717) is 10.0 Å². The van der Waals surface area contributed by atoms with Crippen molar-refractivity contribution >= 4 is 35.0 Å². The molecule has 1 N–H and O–H groups in total. The Hall–Kier alpha value is -1.49. The Morgan fingerprint density at radius 1 is 0.906 bits per heavy atom. The second-order valence-corrected chi connectivity index (χ2v) is 9.96. The van der Waals surface area contributed by atoms with Crippen LogP contribution in [0.15, 0.2) is 77.7 Å². The van der Waals surface area contributed by atoms with E-state index in [4.69, 9.17) is 23.2 Å². The highest BCUT2D eigenvalue weighted by Crippen LogP contribution is 2.38. The zero-order valence-corrected chi connectivity index (χ0v) is 21.2. The minimum Gasteiger partial charge on any atom is -0.380 e. The molecule has 2 atom stereocenters. The number of hydrogen-bond donors (Lipinski definition) is 1. The lowest BCUT2D eigenvalue weighted by molar-refractivity contribution is 0.00867. The van der Waals surface area contributed by atoms with Crippen molar-refractivity contribution < 1.29 is 5.11 Å². The number of thioether (sulfide) groups is 1. The molecule has 0 heterocycles. The average molecular weight is 489 g/mol. The second-order valence-electron chi connectivity index (χ2n) is 8.07.